The predicted molar refractivity (Wildman–Crippen MR) is 133 cm³/mol. The molecule has 1 aliphatic rings. The van der Waals surface area contributed by atoms with Crippen molar-refractivity contribution in [2.24, 2.45) is 0 Å². The average Bonchev–Trinajstić information content (AvgIpc) is 3.08. The Hall–Kier alpha value is -3.88. The minimum atomic E-state index is -5.08. The van der Waals surface area contributed by atoms with Crippen molar-refractivity contribution in [2.45, 2.75) is 31.6 Å². The number of alkyl halides is 6. The number of hydrogen-bond donors (Lipinski definition) is 3. The second-order valence-corrected chi connectivity index (χ2v) is 8.62. The van der Waals surface area contributed by atoms with Crippen LogP contribution < -0.4 is 10.2 Å². The van der Waals surface area contributed by atoms with Gasteiger partial charge in [-0.05, 0) is 30.0 Å². The summed E-state index contributed by atoms with van der Waals surface area (Å²) < 4.78 is 63.5. The van der Waals surface area contributed by atoms with Crippen molar-refractivity contribution in [3.63, 3.8) is 0 Å². The van der Waals surface area contributed by atoms with Gasteiger partial charge in [0.1, 0.15) is 5.82 Å². The fourth-order valence-corrected chi connectivity index (χ4v) is 3.47. The zero-order valence-electron chi connectivity index (χ0n) is 21.9. The molecule has 0 saturated carbocycles. The van der Waals surface area contributed by atoms with Crippen molar-refractivity contribution in [1.29, 1.82) is 0 Å². The summed E-state index contributed by atoms with van der Waals surface area (Å²) in [5.41, 5.74) is 4.37. The van der Waals surface area contributed by atoms with Crippen molar-refractivity contribution in [2.75, 3.05) is 45.7 Å². The number of carbonyl (C=O) groups excluding carboxylic acids is 1. The zero-order valence-corrected chi connectivity index (χ0v) is 21.9. The van der Waals surface area contributed by atoms with Crippen molar-refractivity contribution >= 4 is 23.7 Å². The summed E-state index contributed by atoms with van der Waals surface area (Å²) in [6, 6.07) is 12.7. The molecule has 40 heavy (non-hydrogen) atoms. The molecule has 2 aromatic rings. The van der Waals surface area contributed by atoms with Gasteiger partial charge < -0.3 is 25.3 Å². The molecule has 0 atom stereocenters. The number of halogens is 6. The fourth-order valence-electron chi connectivity index (χ4n) is 3.47. The number of nitrogens with zero attached hydrogens (tertiary/aromatic N) is 3. The summed E-state index contributed by atoms with van der Waals surface area (Å²) in [5, 5.41) is 17.0. The van der Waals surface area contributed by atoms with Crippen LogP contribution in [0.25, 0.3) is 0 Å². The highest BCUT2D eigenvalue weighted by molar-refractivity contribution is 5.99. The molecule has 0 fully saturated rings. The predicted octanol–water partition coefficient (Wildman–Crippen LogP) is 3.42. The highest BCUT2D eigenvalue weighted by Crippen LogP contribution is 2.23. The third-order valence-electron chi connectivity index (χ3n) is 5.47. The number of aliphatic carboxylic acids is 2. The van der Waals surface area contributed by atoms with E-state index in [1.165, 1.54) is 11.1 Å². The number of benzene rings is 1. The van der Waals surface area contributed by atoms with Crippen molar-refractivity contribution in [3.05, 3.63) is 58.8 Å². The van der Waals surface area contributed by atoms with E-state index >= 15 is 0 Å². The smallest absolute Gasteiger partial charge is 0.475 e. The topological polar surface area (TPSA) is 123 Å². The number of nitrogens with one attached hydrogen (secondary N) is 1. The number of aromatic nitrogens is 1. The number of amides is 1. The Morgan fingerprint density at radius 2 is 1.45 bits per heavy atom. The first-order chi connectivity index (χ1) is 18.5. The second-order valence-electron chi connectivity index (χ2n) is 8.62. The van der Waals surface area contributed by atoms with E-state index in [2.05, 4.69) is 40.5 Å². The maximum absolute atomic E-state index is 12.2. The zero-order chi connectivity index (χ0) is 30.7. The lowest BCUT2D eigenvalue weighted by atomic mass is 10.0. The number of anilines is 1. The molecule has 3 N–H and O–H groups in total. The average molecular weight is 581 g/mol. The van der Waals surface area contributed by atoms with Gasteiger partial charge in [0.25, 0.3) is 5.91 Å². The molecule has 2 heterocycles. The Balaban J connectivity index is 0.000000473. The lowest BCUT2D eigenvalue weighted by Gasteiger charge is -2.19. The van der Waals surface area contributed by atoms with Gasteiger partial charge in [0, 0.05) is 52.9 Å². The van der Waals surface area contributed by atoms with Gasteiger partial charge in [0.15, 0.2) is 0 Å². The molecule has 9 nitrogen and oxygen atoms in total. The highest BCUT2D eigenvalue weighted by atomic mass is 19.4. The third-order valence-corrected chi connectivity index (χ3v) is 5.47. The largest absolute Gasteiger partial charge is 0.490 e. The molecule has 0 spiro atoms. The molecular weight excluding hydrogens is 550 g/mol. The Bertz CT molecular complexity index is 1120. The van der Waals surface area contributed by atoms with Gasteiger partial charge in [0.05, 0.1) is 5.56 Å². The molecule has 0 radical (unpaired) electrons. The molecule has 3 rings (SSSR count). The van der Waals surface area contributed by atoms with Crippen LogP contribution in [0.3, 0.4) is 0 Å². The van der Waals surface area contributed by atoms with Crippen LogP contribution in [0.1, 0.15) is 27.2 Å². The molecule has 1 aromatic carbocycles. The van der Waals surface area contributed by atoms with E-state index in [-0.39, 0.29) is 5.91 Å². The second kappa shape index (κ2) is 15.1. The van der Waals surface area contributed by atoms with Crippen LogP contribution >= 0.6 is 0 Å². The van der Waals surface area contributed by atoms with E-state index in [0.717, 1.165) is 50.4 Å². The number of fused-ring (bicyclic) bond motifs is 1. The van der Waals surface area contributed by atoms with E-state index in [1.807, 2.05) is 25.1 Å². The fraction of sp³-hybridized carbons (Fsp3) is 0.440. The monoisotopic (exact) mass is 580 g/mol. The maximum atomic E-state index is 12.2. The highest BCUT2D eigenvalue weighted by Gasteiger charge is 2.38. The quantitative estimate of drug-likeness (QED) is 0.460. The van der Waals surface area contributed by atoms with Crippen LogP contribution in [0.5, 0.6) is 0 Å². The van der Waals surface area contributed by atoms with Gasteiger partial charge in [0.2, 0.25) is 0 Å². The van der Waals surface area contributed by atoms with Crippen LogP contribution in [-0.2, 0) is 28.9 Å². The van der Waals surface area contributed by atoms with E-state index in [9.17, 15) is 31.1 Å². The number of carbonyl (C=O) groups is 3. The summed E-state index contributed by atoms with van der Waals surface area (Å²) >= 11 is 0. The third kappa shape index (κ3) is 11.5. The number of pyridine rings is 1. The summed E-state index contributed by atoms with van der Waals surface area (Å²) in [6.07, 6.45) is -7.23. The van der Waals surface area contributed by atoms with Crippen LogP contribution in [0, 0.1) is 0 Å². The van der Waals surface area contributed by atoms with Crippen molar-refractivity contribution < 1.29 is 50.9 Å². The molecule has 1 aromatic heterocycles. The van der Waals surface area contributed by atoms with E-state index in [1.54, 1.807) is 7.05 Å². The summed E-state index contributed by atoms with van der Waals surface area (Å²) in [6.45, 7) is 3.08. The van der Waals surface area contributed by atoms with Crippen molar-refractivity contribution in [1.82, 2.24) is 15.2 Å². The van der Waals surface area contributed by atoms with Gasteiger partial charge in [-0.3, -0.25) is 4.79 Å². The Kier molecular flexibility index (Phi) is 12.8. The first-order valence-corrected chi connectivity index (χ1v) is 11.8. The Labute approximate surface area is 226 Å². The number of carboxylic acids is 2. The van der Waals surface area contributed by atoms with Crippen LogP contribution in [0.2, 0.25) is 0 Å². The SMILES string of the molecule is CNC(=O)c1cc2c(nc1N(C)C)CCN(CCc1ccccc1)CC2.O=C(O)C(F)(F)F.O=C(O)C(F)(F)F. The molecule has 15 heteroatoms. The molecule has 1 aliphatic heterocycles. The Morgan fingerprint density at radius 1 is 0.950 bits per heavy atom. The number of rotatable bonds is 5. The summed E-state index contributed by atoms with van der Waals surface area (Å²) in [4.78, 5) is 39.3. The van der Waals surface area contributed by atoms with Gasteiger partial charge in [-0.15, -0.1) is 0 Å². The van der Waals surface area contributed by atoms with Gasteiger partial charge in [-0.25, -0.2) is 14.6 Å². The molecule has 0 bridgehead atoms. The minimum Gasteiger partial charge on any atom is -0.475 e. The van der Waals surface area contributed by atoms with E-state index < -0.39 is 24.3 Å². The normalized spacial score (nSPS) is 13.3. The lowest BCUT2D eigenvalue weighted by molar-refractivity contribution is -0.193. The Morgan fingerprint density at radius 3 is 1.90 bits per heavy atom. The minimum absolute atomic E-state index is 0.0748. The van der Waals surface area contributed by atoms with E-state index in [4.69, 9.17) is 24.8 Å². The first kappa shape index (κ1) is 34.1. The molecule has 0 saturated heterocycles. The standard InChI is InChI=1S/C21H28N4O.2C2HF3O2/c1-22-21(26)18-15-17-10-13-25(12-9-16-7-5-4-6-8-16)14-11-19(17)23-20(18)24(2)3;2*3-2(4,5)1(6)7/h4-8,15H,9-14H2,1-3H3,(H,22,26);2*(H,6,7). The lowest BCUT2D eigenvalue weighted by Crippen LogP contribution is -2.28. The summed E-state index contributed by atoms with van der Waals surface area (Å²) in [7, 11) is 5.53. The molecule has 0 aliphatic carbocycles. The van der Waals surface area contributed by atoms with Gasteiger partial charge in [-0.1, -0.05) is 30.3 Å². The number of carboxylic acid groups (broad SMARTS) is 2. The first-order valence-electron chi connectivity index (χ1n) is 11.8. The maximum Gasteiger partial charge on any atom is 0.490 e. The van der Waals surface area contributed by atoms with E-state index in [0.29, 0.717) is 5.56 Å². The van der Waals surface area contributed by atoms with Crippen LogP contribution in [-0.4, -0.2) is 91.1 Å². The van der Waals surface area contributed by atoms with Crippen LogP contribution in [0.15, 0.2) is 36.4 Å². The van der Waals surface area contributed by atoms with Crippen molar-refractivity contribution in [3.8, 4) is 0 Å². The van der Waals surface area contributed by atoms with Gasteiger partial charge >= 0.3 is 24.3 Å². The molecular formula is C25H30F6N4O5. The summed E-state index contributed by atoms with van der Waals surface area (Å²) in [5.74, 6) is -4.84. The van der Waals surface area contributed by atoms with Gasteiger partial charge in [-0.2, -0.15) is 26.3 Å². The molecule has 1 amide bonds. The van der Waals surface area contributed by atoms with Crippen LogP contribution in [0.4, 0.5) is 32.2 Å². The molecule has 0 unspecified atom stereocenters. The number of hydrogen-bond acceptors (Lipinski definition) is 6. The molecule has 222 valence electrons.